The Morgan fingerprint density at radius 2 is 2.00 bits per heavy atom. The van der Waals surface area contributed by atoms with Crippen LogP contribution < -0.4 is 10.6 Å². The molecule has 1 fully saturated rings. The van der Waals surface area contributed by atoms with Crippen LogP contribution in [0.25, 0.3) is 0 Å². The molecule has 2 amide bonds. The molecule has 0 unspecified atom stereocenters. The molecular formula is C17H21FN2O2. The van der Waals surface area contributed by atoms with Crippen LogP contribution in [0.2, 0.25) is 0 Å². The number of benzene rings is 1. The van der Waals surface area contributed by atoms with Crippen molar-refractivity contribution in [1.82, 2.24) is 0 Å². The third-order valence-electron chi connectivity index (χ3n) is 4.38. The van der Waals surface area contributed by atoms with Gasteiger partial charge in [-0.05, 0) is 43.0 Å². The monoisotopic (exact) mass is 304 g/mol. The predicted octanol–water partition coefficient (Wildman–Crippen LogP) is 3.72. The predicted molar refractivity (Wildman–Crippen MR) is 85.0 cm³/mol. The molecule has 0 spiro atoms. The molecule has 5 heteroatoms. The van der Waals surface area contributed by atoms with Gasteiger partial charge in [-0.25, -0.2) is 4.39 Å². The molecule has 2 rings (SSSR count). The van der Waals surface area contributed by atoms with Crippen LogP contribution in [0.5, 0.6) is 0 Å². The highest BCUT2D eigenvalue weighted by Gasteiger charge is 2.39. The molecule has 1 saturated carbocycles. The second-order valence-corrected chi connectivity index (χ2v) is 6.19. The number of halogens is 1. The molecule has 0 radical (unpaired) electrons. The fourth-order valence-corrected chi connectivity index (χ4v) is 2.49. The summed E-state index contributed by atoms with van der Waals surface area (Å²) in [6.45, 7) is 7.17. The molecule has 0 bridgehead atoms. The van der Waals surface area contributed by atoms with E-state index in [1.165, 1.54) is 18.2 Å². The van der Waals surface area contributed by atoms with Crippen molar-refractivity contribution in [3.8, 4) is 0 Å². The largest absolute Gasteiger partial charge is 0.326 e. The molecule has 22 heavy (non-hydrogen) atoms. The minimum Gasteiger partial charge on any atom is -0.326 e. The number of anilines is 2. The molecule has 118 valence electrons. The van der Waals surface area contributed by atoms with Gasteiger partial charge in [-0.1, -0.05) is 26.8 Å². The van der Waals surface area contributed by atoms with Crippen LogP contribution in [0, 0.1) is 17.2 Å². The molecule has 1 aliphatic carbocycles. The van der Waals surface area contributed by atoms with Crippen LogP contribution in [-0.2, 0) is 9.59 Å². The van der Waals surface area contributed by atoms with Crippen LogP contribution in [0.4, 0.5) is 15.8 Å². The van der Waals surface area contributed by atoms with Gasteiger partial charge < -0.3 is 10.6 Å². The van der Waals surface area contributed by atoms with Gasteiger partial charge in [-0.3, -0.25) is 9.59 Å². The van der Waals surface area contributed by atoms with Crippen LogP contribution in [0.1, 0.15) is 33.1 Å². The van der Waals surface area contributed by atoms with E-state index < -0.39 is 17.1 Å². The number of hydrogen-bond acceptors (Lipinski definition) is 2. The summed E-state index contributed by atoms with van der Waals surface area (Å²) in [7, 11) is 0. The second-order valence-electron chi connectivity index (χ2n) is 6.19. The van der Waals surface area contributed by atoms with E-state index in [1.807, 2.05) is 13.8 Å². The molecular weight excluding hydrogens is 283 g/mol. The highest BCUT2D eigenvalue weighted by molar-refractivity contribution is 6.00. The lowest BCUT2D eigenvalue weighted by Gasteiger charge is -2.39. The lowest BCUT2D eigenvalue weighted by atomic mass is 9.67. The highest BCUT2D eigenvalue weighted by atomic mass is 19.1. The summed E-state index contributed by atoms with van der Waals surface area (Å²) in [6.07, 6.45) is 4.34. The highest BCUT2D eigenvalue weighted by Crippen LogP contribution is 2.42. The normalized spacial score (nSPS) is 14.9. The Hall–Kier alpha value is -2.17. The average molecular weight is 304 g/mol. The maximum Gasteiger partial charge on any atom is 0.247 e. The molecule has 1 aromatic carbocycles. The van der Waals surface area contributed by atoms with E-state index in [4.69, 9.17) is 0 Å². The smallest absolute Gasteiger partial charge is 0.247 e. The molecule has 4 nitrogen and oxygen atoms in total. The minimum absolute atomic E-state index is 0.0177. The maximum absolute atomic E-state index is 13.7. The summed E-state index contributed by atoms with van der Waals surface area (Å²) in [4.78, 5) is 23.7. The Morgan fingerprint density at radius 3 is 2.55 bits per heavy atom. The summed E-state index contributed by atoms with van der Waals surface area (Å²) in [5.41, 5.74) is 0.0132. The van der Waals surface area contributed by atoms with Gasteiger partial charge in [-0.15, -0.1) is 0 Å². The molecule has 0 heterocycles. The van der Waals surface area contributed by atoms with Gasteiger partial charge in [0.15, 0.2) is 0 Å². The number of rotatable bonds is 5. The first-order valence-corrected chi connectivity index (χ1v) is 7.39. The Kier molecular flexibility index (Phi) is 4.64. The van der Waals surface area contributed by atoms with E-state index >= 15 is 0 Å². The van der Waals surface area contributed by atoms with Gasteiger partial charge >= 0.3 is 0 Å². The van der Waals surface area contributed by atoms with E-state index in [0.717, 1.165) is 25.3 Å². The van der Waals surface area contributed by atoms with Crippen LogP contribution in [-0.4, -0.2) is 11.8 Å². The lowest BCUT2D eigenvalue weighted by molar-refractivity contribution is -0.128. The van der Waals surface area contributed by atoms with E-state index in [2.05, 4.69) is 17.2 Å². The molecule has 1 aliphatic rings. The van der Waals surface area contributed by atoms with Crippen LogP contribution in [0.3, 0.4) is 0 Å². The van der Waals surface area contributed by atoms with Crippen molar-refractivity contribution in [3.63, 3.8) is 0 Å². The zero-order chi connectivity index (χ0) is 16.3. The Balaban J connectivity index is 2.12. The zero-order valence-electron chi connectivity index (χ0n) is 12.9. The summed E-state index contributed by atoms with van der Waals surface area (Å²) in [5, 5.41) is 5.18. The van der Waals surface area contributed by atoms with Gasteiger partial charge in [-0.2, -0.15) is 0 Å². The summed E-state index contributed by atoms with van der Waals surface area (Å²) in [6, 6.07) is 4.10. The van der Waals surface area contributed by atoms with E-state index in [1.54, 1.807) is 0 Å². The summed E-state index contributed by atoms with van der Waals surface area (Å²) >= 11 is 0. The number of nitrogens with one attached hydrogen (secondary N) is 2. The van der Waals surface area contributed by atoms with Crippen LogP contribution in [0.15, 0.2) is 30.9 Å². The first-order valence-electron chi connectivity index (χ1n) is 7.39. The SMILES string of the molecule is C=CC(=O)Nc1cc(NC(=O)C(C)(C)C2CCC2)ccc1F. The fourth-order valence-electron chi connectivity index (χ4n) is 2.49. The topological polar surface area (TPSA) is 58.2 Å². The standard InChI is InChI=1S/C17H21FN2O2/c1-4-15(21)20-14-10-12(8-9-13(14)18)19-16(22)17(2,3)11-6-5-7-11/h4,8-11H,1,5-7H2,2-3H3,(H,19,22)(H,20,21). The second kappa shape index (κ2) is 6.30. The number of carbonyl (C=O) groups excluding carboxylic acids is 2. The van der Waals surface area contributed by atoms with Gasteiger partial charge in [0, 0.05) is 11.1 Å². The Labute approximate surface area is 129 Å². The van der Waals surface area contributed by atoms with Crippen molar-refractivity contribution in [2.75, 3.05) is 10.6 Å². The summed E-state index contributed by atoms with van der Waals surface area (Å²) < 4.78 is 13.7. The molecule has 0 saturated heterocycles. The molecule has 0 aliphatic heterocycles. The van der Waals surface area contributed by atoms with Crippen molar-refractivity contribution in [2.45, 2.75) is 33.1 Å². The Bertz CT molecular complexity index is 607. The number of carbonyl (C=O) groups is 2. The van der Waals surface area contributed by atoms with Gasteiger partial charge in [0.25, 0.3) is 0 Å². The van der Waals surface area contributed by atoms with Crippen molar-refractivity contribution < 1.29 is 14.0 Å². The first-order chi connectivity index (χ1) is 10.3. The maximum atomic E-state index is 13.7. The number of hydrogen-bond donors (Lipinski definition) is 2. The fraction of sp³-hybridized carbons (Fsp3) is 0.412. The van der Waals surface area contributed by atoms with Gasteiger partial charge in [0.1, 0.15) is 5.82 Å². The van der Waals surface area contributed by atoms with Gasteiger partial charge in [0.2, 0.25) is 11.8 Å². The van der Waals surface area contributed by atoms with Crippen molar-refractivity contribution in [2.24, 2.45) is 11.3 Å². The molecule has 2 N–H and O–H groups in total. The average Bonchev–Trinajstić information content (AvgIpc) is 2.39. The zero-order valence-corrected chi connectivity index (χ0v) is 12.9. The Morgan fingerprint density at radius 1 is 1.32 bits per heavy atom. The molecule has 0 aromatic heterocycles. The van der Waals surface area contributed by atoms with E-state index in [-0.39, 0.29) is 11.6 Å². The quantitative estimate of drug-likeness (QED) is 0.815. The van der Waals surface area contributed by atoms with E-state index in [0.29, 0.717) is 11.6 Å². The first kappa shape index (κ1) is 16.2. The molecule has 0 atom stereocenters. The van der Waals surface area contributed by atoms with Crippen molar-refractivity contribution in [3.05, 3.63) is 36.7 Å². The summed E-state index contributed by atoms with van der Waals surface area (Å²) in [5.74, 6) is -0.777. The van der Waals surface area contributed by atoms with E-state index in [9.17, 15) is 14.0 Å². The molecule has 1 aromatic rings. The minimum atomic E-state index is -0.563. The van der Waals surface area contributed by atoms with Gasteiger partial charge in [0.05, 0.1) is 5.69 Å². The third kappa shape index (κ3) is 3.35. The number of amides is 2. The van der Waals surface area contributed by atoms with Crippen molar-refractivity contribution in [1.29, 1.82) is 0 Å². The lowest BCUT2D eigenvalue weighted by Crippen LogP contribution is -2.40. The van der Waals surface area contributed by atoms with Crippen molar-refractivity contribution >= 4 is 23.2 Å². The third-order valence-corrected chi connectivity index (χ3v) is 4.38. The van der Waals surface area contributed by atoms with Crippen LogP contribution >= 0.6 is 0 Å².